The number of carbonyl (C=O) groups excluding carboxylic acids is 2. The topological polar surface area (TPSA) is 101 Å². The van der Waals surface area contributed by atoms with E-state index < -0.39 is 0 Å². The lowest BCUT2D eigenvalue weighted by Crippen LogP contribution is -2.12. The Morgan fingerprint density at radius 1 is 0.917 bits per heavy atom. The SMILES string of the molecule is C=CC.CC(=O)OCCOCCOC(C)=O.COC.COCCO. The third-order valence-electron chi connectivity index (χ3n) is 1.36. The number of ether oxygens (including phenoxy) is 5. The second-order valence-corrected chi connectivity index (χ2v) is 3.83. The van der Waals surface area contributed by atoms with Gasteiger partial charge in [-0.15, -0.1) is 6.58 Å². The smallest absolute Gasteiger partial charge is 0.302 e. The number of aliphatic hydroxyl groups excluding tert-OH is 1. The molecule has 0 heterocycles. The molecule has 0 spiro atoms. The third kappa shape index (κ3) is 70.6. The molecule has 0 aromatic rings. The lowest BCUT2D eigenvalue weighted by molar-refractivity contribution is -0.143. The van der Waals surface area contributed by atoms with E-state index in [1.165, 1.54) is 13.8 Å². The lowest BCUT2D eigenvalue weighted by Gasteiger charge is -2.04. The van der Waals surface area contributed by atoms with Crippen molar-refractivity contribution in [3.8, 4) is 0 Å². The molecule has 8 heteroatoms. The van der Waals surface area contributed by atoms with E-state index in [1.54, 1.807) is 27.4 Å². The molecule has 8 nitrogen and oxygen atoms in total. The zero-order chi connectivity index (χ0) is 19.6. The van der Waals surface area contributed by atoms with Crippen LogP contribution in [0.1, 0.15) is 20.8 Å². The summed E-state index contributed by atoms with van der Waals surface area (Å²) in [5, 5.41) is 7.94. The average Bonchev–Trinajstić information content (AvgIpc) is 2.49. The maximum absolute atomic E-state index is 10.3. The van der Waals surface area contributed by atoms with Crippen molar-refractivity contribution in [2.24, 2.45) is 0 Å². The number of aliphatic hydroxyl groups is 1. The molecule has 24 heavy (non-hydrogen) atoms. The van der Waals surface area contributed by atoms with E-state index in [0.29, 0.717) is 19.8 Å². The first-order valence-corrected chi connectivity index (χ1v) is 7.29. The van der Waals surface area contributed by atoms with Crippen LogP contribution in [-0.4, -0.2) is 78.0 Å². The minimum atomic E-state index is -0.330. The predicted molar refractivity (Wildman–Crippen MR) is 91.9 cm³/mol. The standard InChI is InChI=1S/C8H14O5.C3H8O2.C3H6.C2H6O/c1-7(9)12-5-3-11-4-6-13-8(2)10;1-5-3-2-4;2*1-3-2/h3-6H2,1-2H3;4H,2-3H2,1H3;3H,1H2,2H3;1-2H3. The van der Waals surface area contributed by atoms with E-state index >= 15 is 0 Å². The van der Waals surface area contributed by atoms with Crippen LogP contribution in [-0.2, 0) is 33.3 Å². The number of hydrogen-bond donors (Lipinski definition) is 1. The third-order valence-corrected chi connectivity index (χ3v) is 1.36. The normalized spacial score (nSPS) is 8.12. The Morgan fingerprint density at radius 3 is 1.42 bits per heavy atom. The summed E-state index contributed by atoms with van der Waals surface area (Å²) >= 11 is 0. The maximum Gasteiger partial charge on any atom is 0.302 e. The van der Waals surface area contributed by atoms with Crippen LogP contribution in [0.4, 0.5) is 0 Å². The largest absolute Gasteiger partial charge is 0.463 e. The fourth-order valence-corrected chi connectivity index (χ4v) is 0.682. The van der Waals surface area contributed by atoms with Crippen LogP contribution in [0.2, 0.25) is 0 Å². The van der Waals surface area contributed by atoms with E-state index in [4.69, 9.17) is 9.84 Å². The molecule has 0 aliphatic carbocycles. The van der Waals surface area contributed by atoms with E-state index in [1.807, 2.05) is 6.92 Å². The zero-order valence-electron chi connectivity index (χ0n) is 15.8. The summed E-state index contributed by atoms with van der Waals surface area (Å²) in [6, 6.07) is 0. The molecule has 0 bridgehead atoms. The van der Waals surface area contributed by atoms with E-state index in [0.717, 1.165) is 0 Å². The van der Waals surface area contributed by atoms with Gasteiger partial charge >= 0.3 is 11.9 Å². The summed E-state index contributed by atoms with van der Waals surface area (Å²) in [6.45, 7) is 9.58. The zero-order valence-corrected chi connectivity index (χ0v) is 15.8. The molecule has 0 aromatic heterocycles. The molecule has 0 atom stereocenters. The molecule has 0 amide bonds. The van der Waals surface area contributed by atoms with Crippen molar-refractivity contribution in [1.29, 1.82) is 0 Å². The average molecular weight is 354 g/mol. The summed E-state index contributed by atoms with van der Waals surface area (Å²) in [6.07, 6.45) is 1.75. The van der Waals surface area contributed by atoms with Gasteiger partial charge in [-0.3, -0.25) is 9.59 Å². The van der Waals surface area contributed by atoms with Gasteiger partial charge < -0.3 is 28.8 Å². The molecule has 0 aliphatic heterocycles. The van der Waals surface area contributed by atoms with Gasteiger partial charge in [-0.25, -0.2) is 0 Å². The molecule has 0 rings (SSSR count). The van der Waals surface area contributed by atoms with Crippen LogP contribution in [0, 0.1) is 0 Å². The number of hydrogen-bond acceptors (Lipinski definition) is 8. The summed E-state index contributed by atoms with van der Waals surface area (Å²) in [4.78, 5) is 20.5. The summed E-state index contributed by atoms with van der Waals surface area (Å²) in [7, 11) is 4.80. The molecular formula is C16H34O8. The molecule has 0 fully saturated rings. The lowest BCUT2D eigenvalue weighted by atomic mass is 10.7. The van der Waals surface area contributed by atoms with E-state index in [9.17, 15) is 9.59 Å². The molecule has 1 N–H and O–H groups in total. The van der Waals surface area contributed by atoms with Gasteiger partial charge in [-0.2, -0.15) is 0 Å². The van der Waals surface area contributed by atoms with Gasteiger partial charge in [0.15, 0.2) is 0 Å². The van der Waals surface area contributed by atoms with Crippen LogP contribution < -0.4 is 0 Å². The van der Waals surface area contributed by atoms with Crippen LogP contribution in [0.5, 0.6) is 0 Å². The highest BCUT2D eigenvalue weighted by Crippen LogP contribution is 1.81. The molecule has 146 valence electrons. The first-order chi connectivity index (χ1) is 11.4. The molecule has 0 radical (unpaired) electrons. The molecule has 0 aliphatic rings. The second-order valence-electron chi connectivity index (χ2n) is 3.83. The van der Waals surface area contributed by atoms with Gasteiger partial charge in [0.05, 0.1) is 26.4 Å². The van der Waals surface area contributed by atoms with Gasteiger partial charge in [-0.1, -0.05) is 6.08 Å². The first kappa shape index (κ1) is 30.4. The van der Waals surface area contributed by atoms with Gasteiger partial charge in [-0.05, 0) is 6.92 Å². The van der Waals surface area contributed by atoms with Crippen molar-refractivity contribution in [2.75, 3.05) is 61.0 Å². The molecule has 0 saturated carbocycles. The van der Waals surface area contributed by atoms with Crippen molar-refractivity contribution in [3.05, 3.63) is 12.7 Å². The van der Waals surface area contributed by atoms with Crippen LogP contribution in [0.15, 0.2) is 12.7 Å². The Balaban J connectivity index is -0.000000149. The summed E-state index contributed by atoms with van der Waals surface area (Å²) in [5.74, 6) is -0.660. The molecular weight excluding hydrogens is 320 g/mol. The highest BCUT2D eigenvalue weighted by Gasteiger charge is 1.94. The highest BCUT2D eigenvalue weighted by atomic mass is 16.6. The van der Waals surface area contributed by atoms with Crippen molar-refractivity contribution in [3.63, 3.8) is 0 Å². The van der Waals surface area contributed by atoms with E-state index in [-0.39, 0.29) is 31.8 Å². The molecule has 0 aromatic carbocycles. The van der Waals surface area contributed by atoms with Gasteiger partial charge in [0.2, 0.25) is 0 Å². The van der Waals surface area contributed by atoms with Crippen LogP contribution in [0.25, 0.3) is 0 Å². The number of rotatable bonds is 8. The van der Waals surface area contributed by atoms with Crippen molar-refractivity contribution >= 4 is 11.9 Å². The fraction of sp³-hybridized carbons (Fsp3) is 0.750. The summed E-state index contributed by atoms with van der Waals surface area (Å²) < 4.78 is 22.9. The molecule has 0 saturated heterocycles. The van der Waals surface area contributed by atoms with Gasteiger partial charge in [0.25, 0.3) is 0 Å². The Kier molecular flexibility index (Phi) is 42.1. The number of carbonyl (C=O) groups is 2. The predicted octanol–water partition coefficient (Wildman–Crippen LogP) is 1.21. The van der Waals surface area contributed by atoms with Crippen molar-refractivity contribution in [2.45, 2.75) is 20.8 Å². The quantitative estimate of drug-likeness (QED) is 0.394. The minimum Gasteiger partial charge on any atom is -0.463 e. The highest BCUT2D eigenvalue weighted by molar-refractivity contribution is 5.66. The van der Waals surface area contributed by atoms with Crippen LogP contribution in [0.3, 0.4) is 0 Å². The Hall–Kier alpha value is -1.48. The first-order valence-electron chi connectivity index (χ1n) is 7.29. The van der Waals surface area contributed by atoms with E-state index in [2.05, 4.69) is 25.5 Å². The number of allylic oxidation sites excluding steroid dienone is 1. The van der Waals surface area contributed by atoms with Gasteiger partial charge in [0, 0.05) is 35.2 Å². The monoisotopic (exact) mass is 354 g/mol. The second kappa shape index (κ2) is 33.2. The van der Waals surface area contributed by atoms with Gasteiger partial charge in [0.1, 0.15) is 13.2 Å². The Morgan fingerprint density at radius 2 is 1.25 bits per heavy atom. The maximum atomic E-state index is 10.3. The molecule has 0 unspecified atom stereocenters. The van der Waals surface area contributed by atoms with Crippen molar-refractivity contribution in [1.82, 2.24) is 0 Å². The van der Waals surface area contributed by atoms with Crippen LogP contribution >= 0.6 is 0 Å². The number of esters is 2. The minimum absolute atomic E-state index is 0.122. The Bertz CT molecular complexity index is 236. The number of methoxy groups -OCH3 is 2. The fourth-order valence-electron chi connectivity index (χ4n) is 0.682. The van der Waals surface area contributed by atoms with Crippen molar-refractivity contribution < 1.29 is 38.4 Å². The summed E-state index contributed by atoms with van der Waals surface area (Å²) in [5.41, 5.74) is 0. The Labute approximate surface area is 145 Å².